The molecule has 3 heterocycles. The first-order valence-corrected chi connectivity index (χ1v) is 8.89. The third kappa shape index (κ3) is 4.14. The number of aromatic nitrogens is 5. The Morgan fingerprint density at radius 3 is 2.73 bits per heavy atom. The number of hydrogen-bond acceptors (Lipinski definition) is 7. The van der Waals surface area contributed by atoms with Gasteiger partial charge in [0, 0.05) is 0 Å². The van der Waals surface area contributed by atoms with E-state index in [0.717, 1.165) is 0 Å². The summed E-state index contributed by atoms with van der Waals surface area (Å²) in [5.74, 6) is -1.12. The number of H-pyrrole nitrogens is 1. The average molecular weight is 410 g/mol. The molecule has 0 spiro atoms. The Bertz CT molecular complexity index is 1190. The van der Waals surface area contributed by atoms with Crippen LogP contribution in [0.15, 0.2) is 49.2 Å². The normalized spacial score (nSPS) is 11.8. The summed E-state index contributed by atoms with van der Waals surface area (Å²) < 4.78 is 26.8. The topological polar surface area (TPSA) is 121 Å². The van der Waals surface area contributed by atoms with Crippen molar-refractivity contribution in [2.45, 2.75) is 13.0 Å². The molecule has 0 bridgehead atoms. The molecule has 1 atom stereocenters. The summed E-state index contributed by atoms with van der Waals surface area (Å²) in [6.45, 7) is 1.65. The van der Waals surface area contributed by atoms with Crippen LogP contribution in [0.2, 0.25) is 0 Å². The molecule has 0 saturated carbocycles. The van der Waals surface area contributed by atoms with Crippen molar-refractivity contribution in [2.24, 2.45) is 0 Å². The van der Waals surface area contributed by atoms with Crippen LogP contribution in [0.4, 0.5) is 31.7 Å². The number of hydrogen-bond donors (Lipinski definition) is 4. The summed E-state index contributed by atoms with van der Waals surface area (Å²) in [5, 5.41) is 8.64. The number of halogens is 2. The van der Waals surface area contributed by atoms with Crippen LogP contribution in [0.25, 0.3) is 11.2 Å². The smallest absolute Gasteiger partial charge is 0.246 e. The quantitative estimate of drug-likeness (QED) is 0.360. The molecule has 0 aliphatic rings. The van der Waals surface area contributed by atoms with Gasteiger partial charge in [-0.1, -0.05) is 0 Å². The van der Waals surface area contributed by atoms with Crippen LogP contribution in [0.5, 0.6) is 0 Å². The number of aromatic amines is 1. The minimum absolute atomic E-state index is 0.292. The maximum absolute atomic E-state index is 13.8. The fourth-order valence-corrected chi connectivity index (χ4v) is 2.72. The average Bonchev–Trinajstić information content (AvgIpc) is 3.21. The number of carbonyl (C=O) groups is 1. The molecule has 1 amide bonds. The molecule has 9 nitrogen and oxygen atoms in total. The third-order valence-corrected chi connectivity index (χ3v) is 4.21. The Kier molecular flexibility index (Phi) is 5.16. The number of amides is 1. The first-order chi connectivity index (χ1) is 14.5. The minimum Gasteiger partial charge on any atom is -0.357 e. The molecule has 30 heavy (non-hydrogen) atoms. The van der Waals surface area contributed by atoms with Gasteiger partial charge in [0.05, 0.1) is 29.6 Å². The number of rotatable bonds is 6. The number of benzene rings is 1. The maximum Gasteiger partial charge on any atom is 0.246 e. The van der Waals surface area contributed by atoms with E-state index in [1.54, 1.807) is 6.92 Å². The van der Waals surface area contributed by atoms with E-state index in [9.17, 15) is 13.6 Å². The Balaban J connectivity index is 1.51. The summed E-state index contributed by atoms with van der Waals surface area (Å²) in [4.78, 5) is 31.4. The van der Waals surface area contributed by atoms with Crippen LogP contribution in [0.1, 0.15) is 6.92 Å². The minimum atomic E-state index is -0.690. The van der Waals surface area contributed by atoms with Gasteiger partial charge in [-0.05, 0) is 37.3 Å². The molecule has 4 N–H and O–H groups in total. The molecule has 0 aliphatic carbocycles. The lowest BCUT2D eigenvalue weighted by Gasteiger charge is -2.17. The molecule has 4 aromatic rings. The first kappa shape index (κ1) is 19.2. The second-order valence-corrected chi connectivity index (χ2v) is 6.36. The molecule has 0 radical (unpaired) electrons. The van der Waals surface area contributed by atoms with Crippen molar-refractivity contribution in [1.29, 1.82) is 0 Å². The van der Waals surface area contributed by atoms with E-state index in [2.05, 4.69) is 40.9 Å². The second kappa shape index (κ2) is 8.07. The molecule has 0 aliphatic heterocycles. The van der Waals surface area contributed by atoms with Gasteiger partial charge in [0.1, 0.15) is 23.7 Å². The summed E-state index contributed by atoms with van der Waals surface area (Å²) in [6, 6.07) is 5.80. The van der Waals surface area contributed by atoms with Gasteiger partial charge in [0.25, 0.3) is 0 Å². The molecule has 1 aromatic carbocycles. The van der Waals surface area contributed by atoms with Crippen LogP contribution in [0.3, 0.4) is 0 Å². The zero-order valence-electron chi connectivity index (χ0n) is 15.6. The van der Waals surface area contributed by atoms with E-state index in [4.69, 9.17) is 0 Å². The highest BCUT2D eigenvalue weighted by Crippen LogP contribution is 2.27. The van der Waals surface area contributed by atoms with Gasteiger partial charge in [-0.15, -0.1) is 0 Å². The fraction of sp³-hybridized carbons (Fsp3) is 0.105. The van der Waals surface area contributed by atoms with Gasteiger partial charge < -0.3 is 20.9 Å². The number of anilines is 4. The van der Waals surface area contributed by atoms with Crippen molar-refractivity contribution in [3.8, 4) is 0 Å². The largest absolute Gasteiger partial charge is 0.357 e. The monoisotopic (exact) mass is 410 g/mol. The summed E-state index contributed by atoms with van der Waals surface area (Å²) >= 11 is 0. The van der Waals surface area contributed by atoms with Gasteiger partial charge in [0.2, 0.25) is 11.9 Å². The standard InChI is InChI=1S/C19H16F2N8O/c1-10(27-18-16-17(24-8-23-16)25-9-26-18)19(30)29-13-4-2-11(20)6-14(13)28-12-3-5-15(21)22-7-12/h2-10,28H,1H3,(H,29,30)(H2,23,24,25,26,27). The van der Waals surface area contributed by atoms with Crippen molar-refractivity contribution in [3.05, 3.63) is 60.9 Å². The van der Waals surface area contributed by atoms with Crippen LogP contribution >= 0.6 is 0 Å². The number of carbonyl (C=O) groups excluding carboxylic acids is 1. The Morgan fingerprint density at radius 2 is 1.93 bits per heavy atom. The van der Waals surface area contributed by atoms with Crippen molar-refractivity contribution in [3.63, 3.8) is 0 Å². The van der Waals surface area contributed by atoms with Crippen molar-refractivity contribution in [2.75, 3.05) is 16.0 Å². The second-order valence-electron chi connectivity index (χ2n) is 6.36. The molecule has 1 unspecified atom stereocenters. The Hall–Kier alpha value is -4.15. The van der Waals surface area contributed by atoms with Crippen LogP contribution < -0.4 is 16.0 Å². The van der Waals surface area contributed by atoms with Crippen LogP contribution in [0, 0.1) is 11.8 Å². The predicted molar refractivity (Wildman–Crippen MR) is 107 cm³/mol. The molecule has 152 valence electrons. The number of imidazole rings is 1. The first-order valence-electron chi connectivity index (χ1n) is 8.89. The van der Waals surface area contributed by atoms with E-state index in [0.29, 0.717) is 34.0 Å². The molecule has 0 saturated heterocycles. The van der Waals surface area contributed by atoms with E-state index in [1.165, 1.54) is 49.2 Å². The number of fused-ring (bicyclic) bond motifs is 1. The van der Waals surface area contributed by atoms with Gasteiger partial charge in [-0.2, -0.15) is 4.39 Å². The van der Waals surface area contributed by atoms with Gasteiger partial charge in [-0.25, -0.2) is 24.3 Å². The van der Waals surface area contributed by atoms with Gasteiger partial charge in [-0.3, -0.25) is 4.79 Å². The lowest BCUT2D eigenvalue weighted by atomic mass is 10.2. The highest BCUT2D eigenvalue weighted by atomic mass is 19.1. The van der Waals surface area contributed by atoms with Crippen molar-refractivity contribution < 1.29 is 13.6 Å². The van der Waals surface area contributed by atoms with E-state index in [-0.39, 0.29) is 5.91 Å². The molecule has 4 rings (SSSR count). The summed E-state index contributed by atoms with van der Waals surface area (Å²) in [7, 11) is 0. The molecular formula is C19H16F2N8O. The zero-order chi connectivity index (χ0) is 21.1. The predicted octanol–water partition coefficient (Wildman–Crippen LogP) is 3.21. The third-order valence-electron chi connectivity index (χ3n) is 4.21. The molecule has 3 aromatic heterocycles. The zero-order valence-corrected chi connectivity index (χ0v) is 15.6. The van der Waals surface area contributed by atoms with Gasteiger partial charge >= 0.3 is 0 Å². The fourth-order valence-electron chi connectivity index (χ4n) is 2.72. The SMILES string of the molecule is CC(Nc1ncnc2[nH]cnc12)C(=O)Nc1ccc(F)cc1Nc1ccc(F)nc1. The summed E-state index contributed by atoms with van der Waals surface area (Å²) in [5.41, 5.74) is 2.11. The number of nitrogens with one attached hydrogen (secondary N) is 4. The highest BCUT2D eigenvalue weighted by Gasteiger charge is 2.17. The van der Waals surface area contributed by atoms with Crippen LogP contribution in [-0.4, -0.2) is 36.9 Å². The Labute approximate surface area is 169 Å². The van der Waals surface area contributed by atoms with Crippen LogP contribution in [-0.2, 0) is 4.79 Å². The number of pyridine rings is 1. The lowest BCUT2D eigenvalue weighted by molar-refractivity contribution is -0.116. The molecular weight excluding hydrogens is 394 g/mol. The molecule has 11 heteroatoms. The van der Waals surface area contributed by atoms with Gasteiger partial charge in [0.15, 0.2) is 11.5 Å². The Morgan fingerprint density at radius 1 is 1.07 bits per heavy atom. The maximum atomic E-state index is 13.8. The van der Waals surface area contributed by atoms with Crippen molar-refractivity contribution >= 4 is 40.0 Å². The lowest BCUT2D eigenvalue weighted by Crippen LogP contribution is -2.32. The summed E-state index contributed by atoms with van der Waals surface area (Å²) in [6.07, 6.45) is 4.10. The van der Waals surface area contributed by atoms with E-state index < -0.39 is 17.8 Å². The van der Waals surface area contributed by atoms with E-state index in [1.807, 2.05) is 0 Å². The van der Waals surface area contributed by atoms with Crippen molar-refractivity contribution in [1.82, 2.24) is 24.9 Å². The molecule has 0 fully saturated rings. The highest BCUT2D eigenvalue weighted by molar-refractivity contribution is 5.99. The number of nitrogens with zero attached hydrogens (tertiary/aromatic N) is 4. The van der Waals surface area contributed by atoms with E-state index >= 15 is 0 Å².